The van der Waals surface area contributed by atoms with Gasteiger partial charge in [-0.05, 0) is 47.8 Å². The van der Waals surface area contributed by atoms with E-state index in [1.807, 2.05) is 29.0 Å². The van der Waals surface area contributed by atoms with Crippen LogP contribution >= 0.6 is 11.3 Å². The summed E-state index contributed by atoms with van der Waals surface area (Å²) in [7, 11) is 0. The zero-order valence-corrected chi connectivity index (χ0v) is 15.0. The van der Waals surface area contributed by atoms with E-state index in [1.54, 1.807) is 28.0 Å². The summed E-state index contributed by atoms with van der Waals surface area (Å²) >= 11 is 1.59. The summed E-state index contributed by atoms with van der Waals surface area (Å²) in [5.74, 6) is 1.29. The molecule has 0 radical (unpaired) electrons. The standard InChI is InChI=1S/C18H16N6O2S/c25-14-3-1-12(2-4-14)18(26)20-9-8-19-15-5-6-16-21-22-17(24(16)23-15)13-7-10-27-11-13/h1-7,10-11,25H,8-9H2,(H,19,23)(H,20,26). The van der Waals surface area contributed by atoms with Crippen molar-refractivity contribution in [3.05, 3.63) is 58.8 Å². The Hall–Kier alpha value is -3.46. The number of phenols is 1. The molecule has 0 aliphatic carbocycles. The lowest BCUT2D eigenvalue weighted by atomic mass is 10.2. The van der Waals surface area contributed by atoms with Gasteiger partial charge in [-0.1, -0.05) is 0 Å². The number of hydrogen-bond acceptors (Lipinski definition) is 7. The van der Waals surface area contributed by atoms with Crippen molar-refractivity contribution in [3.63, 3.8) is 0 Å². The van der Waals surface area contributed by atoms with Crippen LogP contribution in [0.3, 0.4) is 0 Å². The van der Waals surface area contributed by atoms with Crippen LogP contribution < -0.4 is 10.6 Å². The molecule has 1 aromatic carbocycles. The van der Waals surface area contributed by atoms with Crippen LogP contribution in [0.2, 0.25) is 0 Å². The molecule has 0 aliphatic rings. The fourth-order valence-electron chi connectivity index (χ4n) is 2.54. The van der Waals surface area contributed by atoms with Crippen molar-refractivity contribution in [2.45, 2.75) is 0 Å². The highest BCUT2D eigenvalue weighted by Gasteiger charge is 2.10. The highest BCUT2D eigenvalue weighted by molar-refractivity contribution is 7.08. The zero-order valence-electron chi connectivity index (χ0n) is 14.2. The van der Waals surface area contributed by atoms with Crippen LogP contribution in [0, 0.1) is 0 Å². The summed E-state index contributed by atoms with van der Waals surface area (Å²) in [5.41, 5.74) is 2.14. The molecule has 0 saturated heterocycles. The van der Waals surface area contributed by atoms with E-state index in [9.17, 15) is 9.90 Å². The van der Waals surface area contributed by atoms with Crippen LogP contribution in [-0.4, -0.2) is 43.9 Å². The number of fused-ring (bicyclic) bond motifs is 1. The van der Waals surface area contributed by atoms with Gasteiger partial charge in [-0.15, -0.1) is 15.3 Å². The van der Waals surface area contributed by atoms with Gasteiger partial charge in [0.25, 0.3) is 5.91 Å². The molecule has 0 spiro atoms. The van der Waals surface area contributed by atoms with Gasteiger partial charge < -0.3 is 15.7 Å². The Balaban J connectivity index is 1.37. The number of amides is 1. The maximum absolute atomic E-state index is 12.0. The first-order valence-electron chi connectivity index (χ1n) is 8.27. The number of aromatic hydroxyl groups is 1. The second-order valence-corrected chi connectivity index (χ2v) is 6.53. The van der Waals surface area contributed by atoms with E-state index < -0.39 is 0 Å². The van der Waals surface area contributed by atoms with Gasteiger partial charge >= 0.3 is 0 Å². The lowest BCUT2D eigenvalue weighted by molar-refractivity contribution is 0.0955. The Labute approximate surface area is 158 Å². The minimum absolute atomic E-state index is 0.130. The average Bonchev–Trinajstić information content (AvgIpc) is 3.34. The third kappa shape index (κ3) is 3.72. The molecule has 8 nitrogen and oxygen atoms in total. The van der Waals surface area contributed by atoms with Crippen LogP contribution in [0.4, 0.5) is 5.82 Å². The highest BCUT2D eigenvalue weighted by atomic mass is 32.1. The molecule has 4 aromatic rings. The molecule has 27 heavy (non-hydrogen) atoms. The largest absolute Gasteiger partial charge is 0.508 e. The average molecular weight is 380 g/mol. The molecule has 0 unspecified atom stereocenters. The van der Waals surface area contributed by atoms with E-state index in [4.69, 9.17) is 0 Å². The molecular formula is C18H16N6O2S. The lowest BCUT2D eigenvalue weighted by Gasteiger charge is -2.08. The number of hydrogen-bond donors (Lipinski definition) is 3. The maximum Gasteiger partial charge on any atom is 0.251 e. The normalized spacial score (nSPS) is 10.8. The molecule has 9 heteroatoms. The van der Waals surface area contributed by atoms with Crippen molar-refractivity contribution >= 4 is 28.7 Å². The van der Waals surface area contributed by atoms with Gasteiger partial charge in [-0.25, -0.2) is 0 Å². The van der Waals surface area contributed by atoms with Crippen LogP contribution in [0.25, 0.3) is 17.0 Å². The summed E-state index contributed by atoms with van der Waals surface area (Å²) in [5, 5.41) is 32.1. The molecule has 136 valence electrons. The molecule has 0 atom stereocenters. The van der Waals surface area contributed by atoms with Gasteiger partial charge in [0.1, 0.15) is 11.6 Å². The Kier molecular flexibility index (Phi) is 4.67. The lowest BCUT2D eigenvalue weighted by Crippen LogP contribution is -2.28. The van der Waals surface area contributed by atoms with Crippen molar-refractivity contribution in [1.29, 1.82) is 0 Å². The SMILES string of the molecule is O=C(NCCNc1ccc2nnc(-c3ccsc3)n2n1)c1ccc(O)cc1. The number of phenolic OH excluding ortho intramolecular Hbond substituents is 1. The first-order valence-corrected chi connectivity index (χ1v) is 9.21. The number of carbonyl (C=O) groups excluding carboxylic acids is 1. The fraction of sp³-hybridized carbons (Fsp3) is 0.111. The first kappa shape index (κ1) is 17.0. The molecular weight excluding hydrogens is 364 g/mol. The Morgan fingerprint density at radius 3 is 2.70 bits per heavy atom. The summed E-state index contributed by atoms with van der Waals surface area (Å²) in [6.07, 6.45) is 0. The smallest absolute Gasteiger partial charge is 0.251 e. The third-order valence-corrected chi connectivity index (χ3v) is 4.57. The summed E-state index contributed by atoms with van der Waals surface area (Å²) in [6.45, 7) is 0.942. The van der Waals surface area contributed by atoms with Crippen molar-refractivity contribution in [3.8, 4) is 17.1 Å². The van der Waals surface area contributed by atoms with Gasteiger partial charge in [0.2, 0.25) is 0 Å². The predicted molar refractivity (Wildman–Crippen MR) is 103 cm³/mol. The Bertz CT molecular complexity index is 1060. The number of carbonyl (C=O) groups is 1. The zero-order chi connectivity index (χ0) is 18.6. The monoisotopic (exact) mass is 380 g/mol. The molecule has 3 heterocycles. The molecule has 3 N–H and O–H groups in total. The number of rotatable bonds is 6. The second-order valence-electron chi connectivity index (χ2n) is 5.75. The molecule has 0 aliphatic heterocycles. The molecule has 0 fully saturated rings. The van der Waals surface area contributed by atoms with E-state index in [-0.39, 0.29) is 11.7 Å². The Morgan fingerprint density at radius 1 is 1.07 bits per heavy atom. The second kappa shape index (κ2) is 7.42. The Morgan fingerprint density at radius 2 is 1.93 bits per heavy atom. The van der Waals surface area contributed by atoms with E-state index in [0.29, 0.717) is 35.9 Å². The van der Waals surface area contributed by atoms with Gasteiger partial charge in [0.15, 0.2) is 11.5 Å². The molecule has 0 saturated carbocycles. The molecule has 3 aromatic heterocycles. The molecule has 4 rings (SSSR count). The van der Waals surface area contributed by atoms with E-state index in [1.165, 1.54) is 12.1 Å². The van der Waals surface area contributed by atoms with Crippen molar-refractivity contribution in [2.24, 2.45) is 0 Å². The summed E-state index contributed by atoms with van der Waals surface area (Å²) in [4.78, 5) is 12.0. The number of thiophene rings is 1. The highest BCUT2D eigenvalue weighted by Crippen LogP contribution is 2.20. The predicted octanol–water partition coefficient (Wildman–Crippen LogP) is 2.40. The van der Waals surface area contributed by atoms with E-state index >= 15 is 0 Å². The summed E-state index contributed by atoms with van der Waals surface area (Å²) < 4.78 is 1.69. The summed E-state index contributed by atoms with van der Waals surface area (Å²) in [6, 6.07) is 11.8. The minimum Gasteiger partial charge on any atom is -0.508 e. The number of aromatic nitrogens is 4. The van der Waals surface area contributed by atoms with Crippen molar-refractivity contribution in [2.75, 3.05) is 18.4 Å². The third-order valence-electron chi connectivity index (χ3n) is 3.89. The number of anilines is 1. The van der Waals surface area contributed by atoms with Crippen molar-refractivity contribution in [1.82, 2.24) is 25.1 Å². The van der Waals surface area contributed by atoms with Crippen LogP contribution in [0.1, 0.15) is 10.4 Å². The van der Waals surface area contributed by atoms with Crippen LogP contribution in [0.5, 0.6) is 5.75 Å². The molecule has 0 bridgehead atoms. The van der Waals surface area contributed by atoms with Gasteiger partial charge in [0.05, 0.1) is 0 Å². The fourth-order valence-corrected chi connectivity index (χ4v) is 3.17. The van der Waals surface area contributed by atoms with Crippen LogP contribution in [0.15, 0.2) is 53.2 Å². The van der Waals surface area contributed by atoms with Gasteiger partial charge in [-0.3, -0.25) is 4.79 Å². The minimum atomic E-state index is -0.196. The number of nitrogens with one attached hydrogen (secondary N) is 2. The van der Waals surface area contributed by atoms with E-state index in [2.05, 4.69) is 25.9 Å². The maximum atomic E-state index is 12.0. The molecule has 1 amide bonds. The van der Waals surface area contributed by atoms with Gasteiger partial charge in [-0.2, -0.15) is 15.9 Å². The number of benzene rings is 1. The van der Waals surface area contributed by atoms with Gasteiger partial charge in [0, 0.05) is 29.6 Å². The van der Waals surface area contributed by atoms with Crippen molar-refractivity contribution < 1.29 is 9.90 Å². The number of nitrogens with zero attached hydrogens (tertiary/aromatic N) is 4. The van der Waals surface area contributed by atoms with E-state index in [0.717, 1.165) is 5.56 Å². The topological polar surface area (TPSA) is 104 Å². The van der Waals surface area contributed by atoms with Crippen LogP contribution in [-0.2, 0) is 0 Å². The first-order chi connectivity index (χ1) is 13.2. The quantitative estimate of drug-likeness (QED) is 0.444.